The maximum Gasteiger partial charge on any atom is 0.336 e. The Morgan fingerprint density at radius 2 is 1.25 bits per heavy atom. The number of hydrogen-bond donors (Lipinski definition) is 1. The molecule has 0 bridgehead atoms. The van der Waals surface area contributed by atoms with Crippen LogP contribution in [0.2, 0.25) is 6.04 Å². The summed E-state index contributed by atoms with van der Waals surface area (Å²) in [6.07, 6.45) is 7.28. The molecule has 0 unspecified atom stereocenters. The maximum atomic E-state index is 11.4. The van der Waals surface area contributed by atoms with E-state index in [1.165, 1.54) is 44.6 Å². The van der Waals surface area contributed by atoms with E-state index in [0.29, 0.717) is 5.56 Å². The Kier molecular flexibility index (Phi) is 12.0. The van der Waals surface area contributed by atoms with E-state index in [2.05, 4.69) is 20.8 Å². The van der Waals surface area contributed by atoms with Crippen LogP contribution in [-0.4, -0.2) is 33.6 Å². The molecule has 0 amide bonds. The summed E-state index contributed by atoms with van der Waals surface area (Å²) in [6, 6.07) is 18.4. The molecular weight excluding hydrogens is 416 g/mol. The highest BCUT2D eigenvalue weighted by Gasteiger charge is 2.13. The fourth-order valence-electron chi connectivity index (χ4n) is 3.55. The van der Waals surface area contributed by atoms with Gasteiger partial charge in [-0.05, 0) is 46.5 Å². The van der Waals surface area contributed by atoms with E-state index in [9.17, 15) is 9.90 Å². The van der Waals surface area contributed by atoms with Gasteiger partial charge in [-0.1, -0.05) is 95.0 Å². The van der Waals surface area contributed by atoms with E-state index >= 15 is 0 Å². The largest absolute Gasteiger partial charge is 0.478 e. The summed E-state index contributed by atoms with van der Waals surface area (Å²) in [5.74, 6) is -0.877. The first-order chi connectivity index (χ1) is 15.6. The molecule has 0 heterocycles. The van der Waals surface area contributed by atoms with Gasteiger partial charge in [0.15, 0.2) is 0 Å². The van der Waals surface area contributed by atoms with Crippen molar-refractivity contribution < 1.29 is 18.8 Å². The minimum absolute atomic E-state index is 0.388. The molecule has 3 rings (SSSR count). The minimum atomic E-state index is -1.31. The molecule has 0 aliphatic rings. The molecule has 0 aliphatic heterocycles. The summed E-state index contributed by atoms with van der Waals surface area (Å²) >= 11 is 0. The van der Waals surface area contributed by atoms with Gasteiger partial charge in [0.2, 0.25) is 0 Å². The number of carbonyl (C=O) groups is 1. The molecule has 3 aromatic rings. The SMILES string of the molecule is CCCCO[SiH](CCCC)OCCCC.O=C(O)c1c2ccccc2cc2ccccc12. The van der Waals surface area contributed by atoms with Crippen molar-refractivity contribution in [1.82, 2.24) is 0 Å². The van der Waals surface area contributed by atoms with Gasteiger partial charge < -0.3 is 14.0 Å². The van der Waals surface area contributed by atoms with Gasteiger partial charge in [-0.25, -0.2) is 4.79 Å². The first-order valence-electron chi connectivity index (χ1n) is 12.0. The topological polar surface area (TPSA) is 55.8 Å². The Balaban J connectivity index is 0.000000230. The third kappa shape index (κ3) is 8.04. The van der Waals surface area contributed by atoms with Crippen LogP contribution < -0.4 is 0 Å². The average Bonchev–Trinajstić information content (AvgIpc) is 2.81. The number of rotatable bonds is 12. The van der Waals surface area contributed by atoms with Gasteiger partial charge >= 0.3 is 15.3 Å². The highest BCUT2D eigenvalue weighted by atomic mass is 28.3. The minimum Gasteiger partial charge on any atom is -0.478 e. The molecule has 0 fully saturated rings. The van der Waals surface area contributed by atoms with Crippen molar-refractivity contribution in [2.24, 2.45) is 0 Å². The molecule has 0 radical (unpaired) electrons. The van der Waals surface area contributed by atoms with Crippen LogP contribution in [0, 0.1) is 0 Å². The van der Waals surface area contributed by atoms with Crippen molar-refractivity contribution in [2.45, 2.75) is 65.3 Å². The summed E-state index contributed by atoms with van der Waals surface area (Å²) in [6.45, 7) is 8.43. The lowest BCUT2D eigenvalue weighted by molar-refractivity contribution is 0.0701. The predicted molar refractivity (Wildman–Crippen MR) is 137 cm³/mol. The molecule has 32 heavy (non-hydrogen) atoms. The zero-order valence-corrected chi connectivity index (χ0v) is 21.0. The smallest absolute Gasteiger partial charge is 0.336 e. The lowest BCUT2D eigenvalue weighted by Gasteiger charge is -2.16. The van der Waals surface area contributed by atoms with Crippen LogP contribution in [0.5, 0.6) is 0 Å². The monoisotopic (exact) mass is 454 g/mol. The first-order valence-corrected chi connectivity index (χ1v) is 13.7. The Morgan fingerprint density at radius 1 is 0.781 bits per heavy atom. The molecule has 0 atom stereocenters. The molecule has 5 heteroatoms. The van der Waals surface area contributed by atoms with Crippen molar-refractivity contribution >= 4 is 36.8 Å². The van der Waals surface area contributed by atoms with Gasteiger partial charge in [-0.15, -0.1) is 0 Å². The van der Waals surface area contributed by atoms with Crippen LogP contribution in [0.1, 0.15) is 69.7 Å². The second kappa shape index (κ2) is 14.8. The number of unbranched alkanes of at least 4 members (excludes halogenated alkanes) is 3. The zero-order valence-electron chi connectivity index (χ0n) is 19.8. The Morgan fingerprint density at radius 3 is 1.69 bits per heavy atom. The Bertz CT molecular complexity index is 893. The normalized spacial score (nSPS) is 11.0. The quantitative estimate of drug-likeness (QED) is 0.177. The van der Waals surface area contributed by atoms with E-state index in [-0.39, 0.29) is 0 Å². The Labute approximate surface area is 194 Å². The molecular formula is C27H38O4Si. The second-order valence-electron chi connectivity index (χ2n) is 8.02. The van der Waals surface area contributed by atoms with Crippen molar-refractivity contribution in [3.8, 4) is 0 Å². The zero-order chi connectivity index (χ0) is 23.2. The van der Waals surface area contributed by atoms with Gasteiger partial charge in [0.1, 0.15) is 0 Å². The van der Waals surface area contributed by atoms with Crippen molar-refractivity contribution in [2.75, 3.05) is 13.2 Å². The summed E-state index contributed by atoms with van der Waals surface area (Å²) < 4.78 is 11.7. The maximum absolute atomic E-state index is 11.4. The highest BCUT2D eigenvalue weighted by molar-refractivity contribution is 6.44. The second-order valence-corrected chi connectivity index (χ2v) is 10.1. The number of hydrogen-bond acceptors (Lipinski definition) is 3. The van der Waals surface area contributed by atoms with Crippen LogP contribution in [0.15, 0.2) is 54.6 Å². The lowest BCUT2D eigenvalue weighted by atomic mass is 9.97. The van der Waals surface area contributed by atoms with Crippen LogP contribution >= 0.6 is 0 Å². The van der Waals surface area contributed by atoms with Gasteiger partial charge in [0.25, 0.3) is 0 Å². The lowest BCUT2D eigenvalue weighted by Crippen LogP contribution is -2.23. The fraction of sp³-hybridized carbons (Fsp3) is 0.444. The summed E-state index contributed by atoms with van der Waals surface area (Å²) in [7, 11) is -1.31. The highest BCUT2D eigenvalue weighted by Crippen LogP contribution is 2.28. The van der Waals surface area contributed by atoms with Crippen LogP contribution in [0.3, 0.4) is 0 Å². The predicted octanol–water partition coefficient (Wildman–Crippen LogP) is 7.33. The standard InChI is InChI=1S/C15H10O2.C12H28O2Si/c16-15(17)14-12-7-3-1-5-10(12)9-11-6-2-4-8-13(11)14;1-4-7-10-13-15(12-9-6-3)14-11-8-5-2/h1-9H,(H,16,17);15H,4-12H2,1-3H3. The summed E-state index contributed by atoms with van der Waals surface area (Å²) in [4.78, 5) is 11.4. The third-order valence-corrected chi connectivity index (χ3v) is 7.48. The molecule has 0 aliphatic carbocycles. The molecule has 0 saturated heterocycles. The molecule has 1 N–H and O–H groups in total. The summed E-state index contributed by atoms with van der Waals surface area (Å²) in [5, 5.41) is 12.9. The molecule has 0 aromatic heterocycles. The van der Waals surface area contributed by atoms with E-state index in [1.54, 1.807) is 0 Å². The van der Waals surface area contributed by atoms with Crippen LogP contribution in [0.4, 0.5) is 0 Å². The number of fused-ring (bicyclic) bond motifs is 2. The number of benzene rings is 3. The van der Waals surface area contributed by atoms with Crippen molar-refractivity contribution in [3.05, 3.63) is 60.2 Å². The number of carboxylic acids is 1. The first kappa shape index (κ1) is 26.0. The van der Waals surface area contributed by atoms with Crippen molar-refractivity contribution in [3.63, 3.8) is 0 Å². The third-order valence-electron chi connectivity index (χ3n) is 5.38. The van der Waals surface area contributed by atoms with Gasteiger partial charge in [-0.2, -0.15) is 0 Å². The fourth-order valence-corrected chi connectivity index (χ4v) is 5.58. The van der Waals surface area contributed by atoms with Crippen molar-refractivity contribution in [1.29, 1.82) is 0 Å². The van der Waals surface area contributed by atoms with E-state index in [1.807, 2.05) is 54.6 Å². The van der Waals surface area contributed by atoms with Gasteiger partial charge in [-0.3, -0.25) is 0 Å². The average molecular weight is 455 g/mol. The van der Waals surface area contributed by atoms with Gasteiger partial charge in [0.05, 0.1) is 5.56 Å². The number of aromatic carboxylic acids is 1. The van der Waals surface area contributed by atoms with Crippen LogP contribution in [0.25, 0.3) is 21.5 Å². The number of carboxylic acid groups (broad SMARTS) is 1. The van der Waals surface area contributed by atoms with E-state index < -0.39 is 15.3 Å². The molecule has 0 saturated carbocycles. The molecule has 174 valence electrons. The molecule has 4 nitrogen and oxygen atoms in total. The Hall–Kier alpha value is -2.21. The summed E-state index contributed by atoms with van der Waals surface area (Å²) in [5.41, 5.74) is 0.388. The molecule has 0 spiro atoms. The van der Waals surface area contributed by atoms with Gasteiger partial charge in [0, 0.05) is 13.2 Å². The molecule has 3 aromatic carbocycles. The van der Waals surface area contributed by atoms with E-state index in [4.69, 9.17) is 8.85 Å². The van der Waals surface area contributed by atoms with E-state index in [0.717, 1.165) is 34.8 Å². The van der Waals surface area contributed by atoms with Crippen LogP contribution in [-0.2, 0) is 8.85 Å².